The van der Waals surface area contributed by atoms with Crippen LogP contribution in [0.1, 0.15) is 15.9 Å². The van der Waals surface area contributed by atoms with Crippen LogP contribution in [0.2, 0.25) is 0 Å². The summed E-state index contributed by atoms with van der Waals surface area (Å²) in [5, 5.41) is 2.47. The SMILES string of the molecule is Cc1ccc(N)cc1C(=O)NCCOCC(F)(F)F. The zero-order valence-corrected chi connectivity index (χ0v) is 10.4. The van der Waals surface area contributed by atoms with Gasteiger partial charge in [0.05, 0.1) is 6.61 Å². The average molecular weight is 276 g/mol. The molecule has 0 aliphatic rings. The number of aryl methyl sites for hydroxylation is 1. The van der Waals surface area contributed by atoms with Gasteiger partial charge in [-0.2, -0.15) is 13.2 Å². The highest BCUT2D eigenvalue weighted by Crippen LogP contribution is 2.14. The van der Waals surface area contributed by atoms with Crippen molar-refractivity contribution in [3.63, 3.8) is 0 Å². The van der Waals surface area contributed by atoms with Gasteiger partial charge in [0, 0.05) is 17.8 Å². The molecule has 4 nitrogen and oxygen atoms in total. The molecule has 0 aliphatic heterocycles. The lowest BCUT2D eigenvalue weighted by molar-refractivity contribution is -0.173. The van der Waals surface area contributed by atoms with Crippen LogP contribution >= 0.6 is 0 Å². The predicted molar refractivity (Wildman–Crippen MR) is 64.8 cm³/mol. The summed E-state index contributed by atoms with van der Waals surface area (Å²) in [6.45, 7) is 0.227. The molecule has 0 spiro atoms. The molecular weight excluding hydrogens is 261 g/mol. The van der Waals surface area contributed by atoms with Crippen molar-refractivity contribution in [3.05, 3.63) is 29.3 Å². The van der Waals surface area contributed by atoms with Crippen molar-refractivity contribution in [2.75, 3.05) is 25.5 Å². The molecule has 0 aromatic heterocycles. The molecular formula is C12H15F3N2O2. The van der Waals surface area contributed by atoms with E-state index in [2.05, 4.69) is 10.1 Å². The number of amides is 1. The number of benzene rings is 1. The summed E-state index contributed by atoms with van der Waals surface area (Å²) in [5.41, 5.74) is 7.15. The summed E-state index contributed by atoms with van der Waals surface area (Å²) in [4.78, 5) is 11.7. The van der Waals surface area contributed by atoms with E-state index in [0.29, 0.717) is 11.3 Å². The first-order chi connectivity index (χ1) is 8.79. The Hall–Kier alpha value is -1.76. The van der Waals surface area contributed by atoms with E-state index >= 15 is 0 Å². The van der Waals surface area contributed by atoms with E-state index in [1.54, 1.807) is 19.1 Å². The van der Waals surface area contributed by atoms with E-state index in [4.69, 9.17) is 5.73 Å². The number of halogens is 3. The quantitative estimate of drug-likeness (QED) is 0.637. The third kappa shape index (κ3) is 5.60. The number of ether oxygens (including phenoxy) is 1. The molecule has 0 bridgehead atoms. The largest absolute Gasteiger partial charge is 0.411 e. The number of anilines is 1. The van der Waals surface area contributed by atoms with Gasteiger partial charge in [-0.3, -0.25) is 4.79 Å². The Kier molecular flexibility index (Phi) is 5.17. The van der Waals surface area contributed by atoms with Crippen molar-refractivity contribution < 1.29 is 22.7 Å². The molecule has 1 aromatic rings. The van der Waals surface area contributed by atoms with E-state index < -0.39 is 12.8 Å². The number of nitrogens with one attached hydrogen (secondary N) is 1. The second kappa shape index (κ2) is 6.42. The van der Waals surface area contributed by atoms with Crippen LogP contribution in [0.4, 0.5) is 18.9 Å². The minimum atomic E-state index is -4.35. The van der Waals surface area contributed by atoms with Crippen molar-refractivity contribution in [2.45, 2.75) is 13.1 Å². The van der Waals surface area contributed by atoms with Gasteiger partial charge in [-0.1, -0.05) is 6.07 Å². The first-order valence-corrected chi connectivity index (χ1v) is 5.58. The maximum absolute atomic E-state index is 11.8. The number of nitrogens with two attached hydrogens (primary N) is 1. The standard InChI is InChI=1S/C12H15F3N2O2/c1-8-2-3-9(16)6-10(8)11(18)17-4-5-19-7-12(13,14)15/h2-3,6H,4-5,7,16H2,1H3,(H,17,18). The lowest BCUT2D eigenvalue weighted by Crippen LogP contribution is -2.29. The van der Waals surface area contributed by atoms with Crippen molar-refractivity contribution >= 4 is 11.6 Å². The van der Waals surface area contributed by atoms with Crippen LogP contribution in [-0.4, -0.2) is 31.8 Å². The Labute approximate surface area is 108 Å². The van der Waals surface area contributed by atoms with Crippen LogP contribution in [0.3, 0.4) is 0 Å². The van der Waals surface area contributed by atoms with E-state index in [0.717, 1.165) is 5.56 Å². The minimum Gasteiger partial charge on any atom is -0.399 e. The number of carbonyl (C=O) groups is 1. The molecule has 0 aliphatic carbocycles. The van der Waals surface area contributed by atoms with Crippen molar-refractivity contribution in [1.29, 1.82) is 0 Å². The molecule has 7 heteroatoms. The van der Waals surface area contributed by atoms with Crippen molar-refractivity contribution in [2.24, 2.45) is 0 Å². The summed E-state index contributed by atoms with van der Waals surface area (Å²) in [5.74, 6) is -0.389. The average Bonchev–Trinajstić information content (AvgIpc) is 2.30. The van der Waals surface area contributed by atoms with Crippen LogP contribution < -0.4 is 11.1 Å². The number of hydrogen-bond donors (Lipinski definition) is 2. The zero-order valence-electron chi connectivity index (χ0n) is 10.4. The topological polar surface area (TPSA) is 64.4 Å². The van der Waals surface area contributed by atoms with Gasteiger partial charge < -0.3 is 15.8 Å². The fourth-order valence-corrected chi connectivity index (χ4v) is 1.40. The van der Waals surface area contributed by atoms with E-state index in [9.17, 15) is 18.0 Å². The summed E-state index contributed by atoms with van der Waals surface area (Å²) >= 11 is 0. The number of carbonyl (C=O) groups excluding carboxylic acids is 1. The first kappa shape index (κ1) is 15.3. The number of alkyl halides is 3. The van der Waals surface area contributed by atoms with E-state index in [1.165, 1.54) is 6.07 Å². The molecule has 0 saturated carbocycles. The van der Waals surface area contributed by atoms with Gasteiger partial charge in [-0.05, 0) is 24.6 Å². The lowest BCUT2D eigenvalue weighted by Gasteiger charge is -2.10. The minimum absolute atomic E-state index is 0.00313. The van der Waals surface area contributed by atoms with E-state index in [1.807, 2.05) is 0 Å². The molecule has 0 saturated heterocycles. The van der Waals surface area contributed by atoms with Gasteiger partial charge in [-0.15, -0.1) is 0 Å². The Bertz CT molecular complexity index is 447. The fourth-order valence-electron chi connectivity index (χ4n) is 1.40. The van der Waals surface area contributed by atoms with Crippen LogP contribution in [-0.2, 0) is 4.74 Å². The molecule has 3 N–H and O–H groups in total. The van der Waals surface area contributed by atoms with Gasteiger partial charge in [0.25, 0.3) is 5.91 Å². The molecule has 1 rings (SSSR count). The Balaban J connectivity index is 2.38. The molecule has 19 heavy (non-hydrogen) atoms. The molecule has 1 aromatic carbocycles. The van der Waals surface area contributed by atoms with Crippen molar-refractivity contribution in [3.8, 4) is 0 Å². The van der Waals surface area contributed by atoms with Crippen LogP contribution in [0.5, 0.6) is 0 Å². The van der Waals surface area contributed by atoms with Crippen molar-refractivity contribution in [1.82, 2.24) is 5.32 Å². The molecule has 0 atom stereocenters. The molecule has 0 radical (unpaired) electrons. The third-order valence-electron chi connectivity index (χ3n) is 2.30. The van der Waals surface area contributed by atoms with Gasteiger partial charge in [-0.25, -0.2) is 0 Å². The normalized spacial score (nSPS) is 11.4. The maximum Gasteiger partial charge on any atom is 0.411 e. The van der Waals surface area contributed by atoms with E-state index in [-0.39, 0.29) is 19.1 Å². The summed E-state index contributed by atoms with van der Waals surface area (Å²) in [7, 11) is 0. The van der Waals surface area contributed by atoms with Gasteiger partial charge in [0.15, 0.2) is 0 Å². The second-order valence-electron chi connectivity index (χ2n) is 4.00. The number of hydrogen-bond acceptors (Lipinski definition) is 3. The van der Waals surface area contributed by atoms with Gasteiger partial charge in [0.1, 0.15) is 6.61 Å². The Morgan fingerprint density at radius 2 is 2.11 bits per heavy atom. The Morgan fingerprint density at radius 1 is 1.42 bits per heavy atom. The highest BCUT2D eigenvalue weighted by Gasteiger charge is 2.27. The fraction of sp³-hybridized carbons (Fsp3) is 0.417. The first-order valence-electron chi connectivity index (χ1n) is 5.58. The van der Waals surface area contributed by atoms with Crippen LogP contribution in [0.15, 0.2) is 18.2 Å². The molecule has 106 valence electrons. The zero-order chi connectivity index (χ0) is 14.5. The van der Waals surface area contributed by atoms with Crippen LogP contribution in [0, 0.1) is 6.92 Å². The highest BCUT2D eigenvalue weighted by atomic mass is 19.4. The lowest BCUT2D eigenvalue weighted by atomic mass is 10.1. The highest BCUT2D eigenvalue weighted by molar-refractivity contribution is 5.96. The smallest absolute Gasteiger partial charge is 0.399 e. The number of rotatable bonds is 5. The third-order valence-corrected chi connectivity index (χ3v) is 2.30. The molecule has 0 fully saturated rings. The molecule has 1 amide bonds. The predicted octanol–water partition coefficient (Wildman–Crippen LogP) is 1.89. The maximum atomic E-state index is 11.8. The number of nitrogen functional groups attached to an aromatic ring is 1. The van der Waals surface area contributed by atoms with Crippen LogP contribution in [0.25, 0.3) is 0 Å². The van der Waals surface area contributed by atoms with Gasteiger partial charge in [0.2, 0.25) is 0 Å². The molecule has 0 unspecified atom stereocenters. The monoisotopic (exact) mass is 276 g/mol. The second-order valence-corrected chi connectivity index (χ2v) is 4.00. The van der Waals surface area contributed by atoms with Gasteiger partial charge >= 0.3 is 6.18 Å². The summed E-state index contributed by atoms with van der Waals surface area (Å²) in [6.07, 6.45) is -4.35. The summed E-state index contributed by atoms with van der Waals surface area (Å²) < 4.78 is 39.7. The molecule has 0 heterocycles. The summed E-state index contributed by atoms with van der Waals surface area (Å²) in [6, 6.07) is 4.88. The Morgan fingerprint density at radius 3 is 2.74 bits per heavy atom.